The minimum absolute atomic E-state index is 0.149. The summed E-state index contributed by atoms with van der Waals surface area (Å²) in [6.07, 6.45) is 0. The van der Waals surface area contributed by atoms with Crippen LogP contribution in [0, 0.1) is 0 Å². The standard InChI is InChI=1S/C19H16ClN3O4/c1-10-16(18(24)22-13-5-3-12(20)4-6-13)17(23-19(25)21-10)11-2-7-14-15(8-11)27-9-26-14/h2-8,17H,9H2,1H3,(H,22,24)(H2,21,23,25)/t17-/m0/s1. The number of halogens is 1. The highest BCUT2D eigenvalue weighted by Crippen LogP contribution is 2.37. The number of hydrogen-bond acceptors (Lipinski definition) is 4. The first-order chi connectivity index (χ1) is 13.0. The number of hydrogen-bond donors (Lipinski definition) is 3. The van der Waals surface area contributed by atoms with Gasteiger partial charge in [-0.15, -0.1) is 0 Å². The smallest absolute Gasteiger partial charge is 0.319 e. The van der Waals surface area contributed by atoms with Crippen LogP contribution in [0.1, 0.15) is 18.5 Å². The molecule has 0 bridgehead atoms. The third kappa shape index (κ3) is 3.41. The monoisotopic (exact) mass is 385 g/mol. The first-order valence-electron chi connectivity index (χ1n) is 8.26. The number of fused-ring (bicyclic) bond motifs is 1. The Hall–Kier alpha value is -3.19. The summed E-state index contributed by atoms with van der Waals surface area (Å²) in [4.78, 5) is 24.9. The van der Waals surface area contributed by atoms with Crippen LogP contribution in [-0.4, -0.2) is 18.7 Å². The first-order valence-corrected chi connectivity index (χ1v) is 8.64. The average Bonchev–Trinajstić information content (AvgIpc) is 3.10. The van der Waals surface area contributed by atoms with E-state index in [0.717, 1.165) is 5.56 Å². The predicted octanol–water partition coefficient (Wildman–Crippen LogP) is 3.34. The zero-order chi connectivity index (χ0) is 19.0. The predicted molar refractivity (Wildman–Crippen MR) is 99.8 cm³/mol. The van der Waals surface area contributed by atoms with Crippen LogP contribution in [0.3, 0.4) is 0 Å². The van der Waals surface area contributed by atoms with Crippen LogP contribution in [0.2, 0.25) is 5.02 Å². The molecule has 3 amide bonds. The maximum absolute atomic E-state index is 12.9. The highest BCUT2D eigenvalue weighted by atomic mass is 35.5. The number of benzene rings is 2. The van der Waals surface area contributed by atoms with Gasteiger partial charge in [-0.1, -0.05) is 17.7 Å². The molecule has 0 spiro atoms. The van der Waals surface area contributed by atoms with Gasteiger partial charge in [-0.2, -0.15) is 0 Å². The van der Waals surface area contributed by atoms with E-state index in [4.69, 9.17) is 21.1 Å². The van der Waals surface area contributed by atoms with Crippen molar-refractivity contribution in [2.75, 3.05) is 12.1 Å². The van der Waals surface area contributed by atoms with E-state index in [1.54, 1.807) is 49.4 Å². The second-order valence-electron chi connectivity index (χ2n) is 6.14. The minimum Gasteiger partial charge on any atom is -0.454 e. The van der Waals surface area contributed by atoms with Gasteiger partial charge in [-0.05, 0) is 48.9 Å². The summed E-state index contributed by atoms with van der Waals surface area (Å²) in [5.41, 5.74) is 2.21. The fraction of sp³-hybridized carbons (Fsp3) is 0.158. The zero-order valence-electron chi connectivity index (χ0n) is 14.3. The third-order valence-corrected chi connectivity index (χ3v) is 4.60. The van der Waals surface area contributed by atoms with E-state index < -0.39 is 6.04 Å². The number of carbonyl (C=O) groups is 2. The van der Waals surface area contributed by atoms with Gasteiger partial charge in [0.25, 0.3) is 5.91 Å². The van der Waals surface area contributed by atoms with Gasteiger partial charge in [-0.3, -0.25) is 4.79 Å². The molecule has 2 aromatic carbocycles. The summed E-state index contributed by atoms with van der Waals surface area (Å²) in [5, 5.41) is 8.85. The number of ether oxygens (including phenoxy) is 2. The molecular formula is C19H16ClN3O4. The summed E-state index contributed by atoms with van der Waals surface area (Å²) in [6.45, 7) is 1.84. The van der Waals surface area contributed by atoms with Crippen LogP contribution < -0.4 is 25.4 Å². The van der Waals surface area contributed by atoms with Crippen molar-refractivity contribution in [2.45, 2.75) is 13.0 Å². The van der Waals surface area contributed by atoms with Crippen LogP contribution >= 0.6 is 11.6 Å². The third-order valence-electron chi connectivity index (χ3n) is 4.35. The number of rotatable bonds is 3. The molecule has 0 saturated carbocycles. The molecule has 2 aliphatic rings. The molecule has 4 rings (SSSR count). The number of anilines is 1. The largest absolute Gasteiger partial charge is 0.454 e. The van der Waals surface area contributed by atoms with Gasteiger partial charge >= 0.3 is 6.03 Å². The summed E-state index contributed by atoms with van der Waals surface area (Å²) in [5.74, 6) is 0.882. The molecule has 1 atom stereocenters. The first kappa shape index (κ1) is 17.2. The Morgan fingerprint density at radius 2 is 1.89 bits per heavy atom. The van der Waals surface area contributed by atoms with Gasteiger partial charge in [0.2, 0.25) is 6.79 Å². The number of nitrogens with one attached hydrogen (secondary N) is 3. The highest BCUT2D eigenvalue weighted by molar-refractivity contribution is 6.30. The van der Waals surface area contributed by atoms with Crippen molar-refractivity contribution in [3.63, 3.8) is 0 Å². The Morgan fingerprint density at radius 3 is 2.67 bits per heavy atom. The van der Waals surface area contributed by atoms with Gasteiger partial charge in [0.1, 0.15) is 0 Å². The molecule has 27 heavy (non-hydrogen) atoms. The van der Waals surface area contributed by atoms with Crippen molar-refractivity contribution >= 4 is 29.2 Å². The van der Waals surface area contributed by atoms with Crippen molar-refractivity contribution in [1.29, 1.82) is 0 Å². The number of allylic oxidation sites excluding steroid dienone is 1. The molecule has 2 heterocycles. The van der Waals surface area contributed by atoms with Gasteiger partial charge in [0.15, 0.2) is 11.5 Å². The van der Waals surface area contributed by atoms with Crippen LogP contribution in [0.15, 0.2) is 53.7 Å². The highest BCUT2D eigenvalue weighted by Gasteiger charge is 2.32. The Balaban J connectivity index is 1.67. The molecule has 0 unspecified atom stereocenters. The average molecular weight is 386 g/mol. The number of carbonyl (C=O) groups excluding carboxylic acids is 2. The molecule has 0 saturated heterocycles. The molecule has 0 aromatic heterocycles. The molecule has 7 nitrogen and oxygen atoms in total. The van der Waals surface area contributed by atoms with Crippen LogP contribution in [0.4, 0.5) is 10.5 Å². The molecule has 138 valence electrons. The Labute approximate surface area is 160 Å². The second-order valence-corrected chi connectivity index (χ2v) is 6.58. The fourth-order valence-corrected chi connectivity index (χ4v) is 3.20. The van der Waals surface area contributed by atoms with Crippen LogP contribution in [0.5, 0.6) is 11.5 Å². The molecule has 2 aliphatic heterocycles. The summed E-state index contributed by atoms with van der Waals surface area (Å²) >= 11 is 5.88. The maximum Gasteiger partial charge on any atom is 0.319 e. The molecule has 2 aromatic rings. The second kappa shape index (κ2) is 6.85. The van der Waals surface area contributed by atoms with Gasteiger partial charge in [0, 0.05) is 16.4 Å². The van der Waals surface area contributed by atoms with Crippen molar-refractivity contribution in [3.05, 3.63) is 64.3 Å². The van der Waals surface area contributed by atoms with Crippen molar-refractivity contribution in [1.82, 2.24) is 10.6 Å². The van der Waals surface area contributed by atoms with E-state index in [2.05, 4.69) is 16.0 Å². The lowest BCUT2D eigenvalue weighted by atomic mass is 9.94. The Bertz CT molecular complexity index is 956. The summed E-state index contributed by atoms with van der Waals surface area (Å²) < 4.78 is 10.7. The quantitative estimate of drug-likeness (QED) is 0.756. The zero-order valence-corrected chi connectivity index (χ0v) is 15.1. The molecule has 0 radical (unpaired) electrons. The van der Waals surface area contributed by atoms with Gasteiger partial charge in [0.05, 0.1) is 11.6 Å². The summed E-state index contributed by atoms with van der Waals surface area (Å²) in [7, 11) is 0. The normalized spacial score (nSPS) is 18.0. The fourth-order valence-electron chi connectivity index (χ4n) is 3.07. The van der Waals surface area contributed by atoms with Crippen LogP contribution in [0.25, 0.3) is 0 Å². The molecule has 3 N–H and O–H groups in total. The van der Waals surface area contributed by atoms with Crippen LogP contribution in [-0.2, 0) is 4.79 Å². The number of urea groups is 1. The lowest BCUT2D eigenvalue weighted by molar-refractivity contribution is -0.113. The summed E-state index contributed by atoms with van der Waals surface area (Å²) in [6, 6.07) is 11.1. The molecule has 8 heteroatoms. The van der Waals surface area contributed by atoms with Crippen molar-refractivity contribution in [3.8, 4) is 11.5 Å². The van der Waals surface area contributed by atoms with E-state index in [-0.39, 0.29) is 18.7 Å². The van der Waals surface area contributed by atoms with E-state index in [9.17, 15) is 9.59 Å². The van der Waals surface area contributed by atoms with E-state index in [1.807, 2.05) is 0 Å². The lowest BCUT2D eigenvalue weighted by Crippen LogP contribution is -2.45. The maximum atomic E-state index is 12.9. The van der Waals surface area contributed by atoms with Crippen molar-refractivity contribution in [2.24, 2.45) is 0 Å². The minimum atomic E-state index is -0.624. The lowest BCUT2D eigenvalue weighted by Gasteiger charge is -2.28. The molecule has 0 fully saturated rings. The Kier molecular flexibility index (Phi) is 4.37. The van der Waals surface area contributed by atoms with Gasteiger partial charge < -0.3 is 25.4 Å². The molecule has 0 aliphatic carbocycles. The van der Waals surface area contributed by atoms with E-state index in [1.165, 1.54) is 0 Å². The van der Waals surface area contributed by atoms with Crippen molar-refractivity contribution < 1.29 is 19.1 Å². The SMILES string of the molecule is CC1=C(C(=O)Nc2ccc(Cl)cc2)[C@H](c2ccc3c(c2)OCO3)NC(=O)N1. The topological polar surface area (TPSA) is 88.7 Å². The molecular weight excluding hydrogens is 370 g/mol. The van der Waals surface area contributed by atoms with Gasteiger partial charge in [-0.25, -0.2) is 4.79 Å². The number of amides is 3. The van der Waals surface area contributed by atoms with E-state index >= 15 is 0 Å². The Morgan fingerprint density at radius 1 is 1.15 bits per heavy atom. The van der Waals surface area contributed by atoms with E-state index in [0.29, 0.717) is 33.5 Å².